The van der Waals surface area contributed by atoms with Crippen LogP contribution in [0.5, 0.6) is 0 Å². The quantitative estimate of drug-likeness (QED) is 0.442. The van der Waals surface area contributed by atoms with Crippen molar-refractivity contribution in [2.45, 2.75) is 19.4 Å². The average Bonchev–Trinajstić information content (AvgIpc) is 2.87. The van der Waals surface area contributed by atoms with E-state index in [1.54, 1.807) is 37.2 Å². The van der Waals surface area contributed by atoms with Crippen LogP contribution < -0.4 is 21.3 Å². The number of rotatable bonds is 8. The topological polar surface area (TPSA) is 116 Å². The summed E-state index contributed by atoms with van der Waals surface area (Å²) in [6.45, 7) is 1.95. The van der Waals surface area contributed by atoms with Gasteiger partial charge in [-0.2, -0.15) is 0 Å². The van der Waals surface area contributed by atoms with Gasteiger partial charge in [0.05, 0.1) is 5.69 Å². The van der Waals surface area contributed by atoms with E-state index >= 15 is 0 Å². The summed E-state index contributed by atoms with van der Waals surface area (Å²) >= 11 is 0. The van der Waals surface area contributed by atoms with Gasteiger partial charge in [0.15, 0.2) is 11.5 Å². The SMILES string of the molecule is CN(C)C(=O)C1CCN(c2ccc(Nc3cc(NCc4cccc(F)c4)c(C(N)=O)nn3)cc2)CC1. The second-order valence-electron chi connectivity index (χ2n) is 9.01. The number of primary amides is 1. The van der Waals surface area contributed by atoms with Crippen LogP contribution in [0.15, 0.2) is 54.6 Å². The highest BCUT2D eigenvalue weighted by atomic mass is 19.1. The van der Waals surface area contributed by atoms with Gasteiger partial charge in [-0.1, -0.05) is 12.1 Å². The first-order valence-corrected chi connectivity index (χ1v) is 11.8. The van der Waals surface area contributed by atoms with Crippen LogP contribution >= 0.6 is 0 Å². The van der Waals surface area contributed by atoms with E-state index in [0.717, 1.165) is 37.3 Å². The molecule has 0 spiro atoms. The number of hydrogen-bond donors (Lipinski definition) is 3. The first-order chi connectivity index (χ1) is 17.3. The van der Waals surface area contributed by atoms with Crippen molar-refractivity contribution in [1.82, 2.24) is 15.1 Å². The Bertz CT molecular complexity index is 1230. The van der Waals surface area contributed by atoms with Crippen molar-refractivity contribution in [3.63, 3.8) is 0 Å². The van der Waals surface area contributed by atoms with Gasteiger partial charge in [-0.05, 0) is 54.8 Å². The number of aromatic nitrogens is 2. The van der Waals surface area contributed by atoms with E-state index in [1.165, 1.54) is 12.1 Å². The van der Waals surface area contributed by atoms with Crippen molar-refractivity contribution >= 4 is 34.7 Å². The number of nitrogens with zero attached hydrogens (tertiary/aromatic N) is 4. The number of amides is 2. The van der Waals surface area contributed by atoms with Gasteiger partial charge in [-0.15, -0.1) is 10.2 Å². The summed E-state index contributed by atoms with van der Waals surface area (Å²) in [6, 6.07) is 15.7. The van der Waals surface area contributed by atoms with Crippen LogP contribution in [0, 0.1) is 11.7 Å². The molecule has 3 aromatic rings. The maximum atomic E-state index is 13.5. The Balaban J connectivity index is 1.40. The summed E-state index contributed by atoms with van der Waals surface area (Å²) in [5, 5.41) is 14.3. The van der Waals surface area contributed by atoms with Crippen LogP contribution in [0.3, 0.4) is 0 Å². The van der Waals surface area contributed by atoms with Crippen molar-refractivity contribution in [1.29, 1.82) is 0 Å². The molecule has 2 amide bonds. The van der Waals surface area contributed by atoms with Gasteiger partial charge in [0, 0.05) is 57.1 Å². The Kier molecular flexibility index (Phi) is 7.62. The lowest BCUT2D eigenvalue weighted by Gasteiger charge is -2.34. The minimum atomic E-state index is -0.712. The average molecular weight is 492 g/mol. The summed E-state index contributed by atoms with van der Waals surface area (Å²) in [6.07, 6.45) is 1.68. The zero-order valence-electron chi connectivity index (χ0n) is 20.4. The second kappa shape index (κ2) is 11.0. The van der Waals surface area contributed by atoms with E-state index in [0.29, 0.717) is 17.1 Å². The molecule has 0 aliphatic carbocycles. The first-order valence-electron chi connectivity index (χ1n) is 11.8. The first kappa shape index (κ1) is 24.9. The molecule has 1 fully saturated rings. The number of carbonyl (C=O) groups excluding carboxylic acids is 2. The van der Waals surface area contributed by atoms with E-state index in [1.807, 2.05) is 24.3 Å². The predicted octanol–water partition coefficient (Wildman–Crippen LogP) is 3.37. The Hall–Kier alpha value is -4.21. The van der Waals surface area contributed by atoms with E-state index in [-0.39, 0.29) is 29.9 Å². The Labute approximate surface area is 209 Å². The molecule has 188 valence electrons. The zero-order valence-corrected chi connectivity index (χ0v) is 20.4. The highest BCUT2D eigenvalue weighted by molar-refractivity contribution is 5.96. The fourth-order valence-electron chi connectivity index (χ4n) is 4.27. The summed E-state index contributed by atoms with van der Waals surface area (Å²) in [5.41, 5.74) is 8.45. The highest BCUT2D eigenvalue weighted by Crippen LogP contribution is 2.27. The maximum absolute atomic E-state index is 13.5. The molecular formula is C26H30FN7O2. The molecule has 4 rings (SSSR count). The van der Waals surface area contributed by atoms with E-state index in [4.69, 9.17) is 5.73 Å². The van der Waals surface area contributed by atoms with Gasteiger partial charge < -0.3 is 26.2 Å². The van der Waals surface area contributed by atoms with Crippen LogP contribution in [-0.2, 0) is 11.3 Å². The monoisotopic (exact) mass is 491 g/mol. The summed E-state index contributed by atoms with van der Waals surface area (Å²) in [5.74, 6) is -0.339. The minimum absolute atomic E-state index is 0.00320. The molecular weight excluding hydrogens is 461 g/mol. The summed E-state index contributed by atoms with van der Waals surface area (Å²) in [7, 11) is 3.60. The predicted molar refractivity (Wildman–Crippen MR) is 138 cm³/mol. The third kappa shape index (κ3) is 6.07. The van der Waals surface area contributed by atoms with Gasteiger partial charge in [-0.25, -0.2) is 4.39 Å². The van der Waals surface area contributed by atoms with Gasteiger partial charge in [-0.3, -0.25) is 9.59 Å². The molecule has 0 radical (unpaired) electrons. The molecule has 1 aliphatic rings. The number of nitrogens with two attached hydrogens (primary N) is 1. The lowest BCUT2D eigenvalue weighted by molar-refractivity contribution is -0.133. The molecule has 1 aliphatic heterocycles. The largest absolute Gasteiger partial charge is 0.379 e. The molecule has 36 heavy (non-hydrogen) atoms. The molecule has 0 saturated carbocycles. The zero-order chi connectivity index (χ0) is 25.7. The van der Waals surface area contributed by atoms with Gasteiger partial charge in [0.25, 0.3) is 5.91 Å². The molecule has 2 aromatic carbocycles. The number of carbonyl (C=O) groups is 2. The van der Waals surface area contributed by atoms with Crippen molar-refractivity contribution < 1.29 is 14.0 Å². The van der Waals surface area contributed by atoms with Gasteiger partial charge >= 0.3 is 0 Å². The Morgan fingerprint density at radius 1 is 1.08 bits per heavy atom. The highest BCUT2D eigenvalue weighted by Gasteiger charge is 2.26. The molecule has 4 N–H and O–H groups in total. The van der Waals surface area contributed by atoms with Crippen molar-refractivity contribution in [3.8, 4) is 0 Å². The van der Waals surface area contributed by atoms with Gasteiger partial charge in [0.1, 0.15) is 5.82 Å². The molecule has 1 aromatic heterocycles. The lowest BCUT2D eigenvalue weighted by atomic mass is 9.95. The third-order valence-corrected chi connectivity index (χ3v) is 6.19. The van der Waals surface area contributed by atoms with Crippen molar-refractivity contribution in [3.05, 3.63) is 71.7 Å². The van der Waals surface area contributed by atoms with E-state index in [9.17, 15) is 14.0 Å². The van der Waals surface area contributed by atoms with Crippen molar-refractivity contribution in [2.75, 3.05) is 42.7 Å². The number of hydrogen-bond acceptors (Lipinski definition) is 7. The Morgan fingerprint density at radius 2 is 1.81 bits per heavy atom. The number of piperidine rings is 1. The van der Waals surface area contributed by atoms with Crippen LogP contribution in [0.1, 0.15) is 28.9 Å². The Morgan fingerprint density at radius 3 is 2.44 bits per heavy atom. The summed E-state index contributed by atoms with van der Waals surface area (Å²) in [4.78, 5) is 28.0. The molecule has 10 heteroatoms. The molecule has 0 atom stereocenters. The number of anilines is 4. The van der Waals surface area contributed by atoms with Crippen LogP contribution in [0.25, 0.3) is 0 Å². The van der Waals surface area contributed by atoms with Crippen molar-refractivity contribution in [2.24, 2.45) is 11.7 Å². The van der Waals surface area contributed by atoms with Crippen LogP contribution in [-0.4, -0.2) is 54.1 Å². The smallest absolute Gasteiger partial charge is 0.271 e. The second-order valence-corrected chi connectivity index (χ2v) is 9.01. The van der Waals surface area contributed by atoms with E-state index < -0.39 is 5.91 Å². The molecule has 1 saturated heterocycles. The maximum Gasteiger partial charge on any atom is 0.271 e. The molecule has 2 heterocycles. The molecule has 0 unspecified atom stereocenters. The fraction of sp³-hybridized carbons (Fsp3) is 0.308. The number of nitrogens with one attached hydrogen (secondary N) is 2. The minimum Gasteiger partial charge on any atom is -0.379 e. The summed E-state index contributed by atoms with van der Waals surface area (Å²) < 4.78 is 13.5. The molecule has 0 bridgehead atoms. The fourth-order valence-corrected chi connectivity index (χ4v) is 4.27. The number of halogens is 1. The number of benzene rings is 2. The lowest BCUT2D eigenvalue weighted by Crippen LogP contribution is -2.40. The normalized spacial score (nSPS) is 13.8. The standard InChI is InChI=1S/C26H30FN7O2/c1-33(2)26(36)18-10-12-34(13-11-18)21-8-6-20(7-9-21)30-23-15-22(24(25(28)35)32-31-23)29-16-17-4-3-5-19(27)14-17/h3-9,14-15,18H,10-13,16H2,1-2H3,(H2,28,35)(H2,29,30,31). The van der Waals surface area contributed by atoms with Crippen LogP contribution in [0.4, 0.5) is 27.3 Å². The van der Waals surface area contributed by atoms with Gasteiger partial charge in [0.2, 0.25) is 5.91 Å². The van der Waals surface area contributed by atoms with E-state index in [2.05, 4.69) is 25.7 Å². The molecule has 9 nitrogen and oxygen atoms in total. The van der Waals surface area contributed by atoms with Crippen LogP contribution in [0.2, 0.25) is 0 Å². The third-order valence-electron chi connectivity index (χ3n) is 6.19.